The topological polar surface area (TPSA) is 60.6 Å². The molecule has 1 atom stereocenters. The zero-order valence-corrected chi connectivity index (χ0v) is 9.06. The average molecular weight is 217 g/mol. The predicted octanol–water partition coefficient (Wildman–Crippen LogP) is 1.12. The molecule has 0 aromatic carbocycles. The van der Waals surface area contributed by atoms with Gasteiger partial charge in [0.05, 0.1) is 6.54 Å². The summed E-state index contributed by atoms with van der Waals surface area (Å²) >= 11 is 0. The maximum absolute atomic E-state index is 4.25. The molecule has 0 amide bonds. The molecule has 1 aliphatic rings. The van der Waals surface area contributed by atoms with Crippen molar-refractivity contribution in [2.75, 3.05) is 13.1 Å². The Balaban J connectivity index is 1.61. The maximum Gasteiger partial charge on any atom is 0.120 e. The molecule has 2 aromatic heterocycles. The van der Waals surface area contributed by atoms with E-state index in [0.717, 1.165) is 25.5 Å². The summed E-state index contributed by atoms with van der Waals surface area (Å²) in [6, 6.07) is 2.07. The van der Waals surface area contributed by atoms with Crippen LogP contribution in [-0.2, 0) is 6.54 Å². The maximum atomic E-state index is 4.25. The van der Waals surface area contributed by atoms with Crippen molar-refractivity contribution in [1.29, 1.82) is 0 Å². The zero-order valence-electron chi connectivity index (χ0n) is 9.06. The summed E-state index contributed by atoms with van der Waals surface area (Å²) in [5, 5.41) is 7.06. The Hall–Kier alpha value is -1.62. The van der Waals surface area contributed by atoms with Gasteiger partial charge in [-0.15, -0.1) is 0 Å². The molecule has 1 saturated heterocycles. The smallest absolute Gasteiger partial charge is 0.120 e. The number of hydrogen-bond acceptors (Lipinski definition) is 3. The minimum Gasteiger partial charge on any atom is -0.348 e. The van der Waals surface area contributed by atoms with E-state index in [1.54, 1.807) is 6.20 Å². The van der Waals surface area contributed by atoms with Gasteiger partial charge in [0.2, 0.25) is 0 Å². The van der Waals surface area contributed by atoms with E-state index in [1.807, 2.05) is 12.4 Å². The van der Waals surface area contributed by atoms with Gasteiger partial charge in [-0.1, -0.05) is 0 Å². The number of H-pyrrole nitrogens is 2. The van der Waals surface area contributed by atoms with E-state index in [0.29, 0.717) is 5.92 Å². The molecule has 3 heterocycles. The summed E-state index contributed by atoms with van der Waals surface area (Å²) in [5.74, 6) is 1.64. The van der Waals surface area contributed by atoms with Gasteiger partial charge in [0.1, 0.15) is 5.82 Å². The summed E-state index contributed by atoms with van der Waals surface area (Å²) in [6.45, 7) is 3.13. The first-order valence-corrected chi connectivity index (χ1v) is 5.62. The van der Waals surface area contributed by atoms with Crippen LogP contribution >= 0.6 is 0 Å². The number of hydrogen-bond donors (Lipinski definition) is 2. The second-order valence-electron chi connectivity index (χ2n) is 4.27. The molecule has 1 fully saturated rings. The fourth-order valence-corrected chi connectivity index (χ4v) is 2.32. The number of imidazole rings is 1. The molecule has 0 bridgehead atoms. The van der Waals surface area contributed by atoms with E-state index in [2.05, 4.69) is 31.1 Å². The van der Waals surface area contributed by atoms with Gasteiger partial charge in [0.25, 0.3) is 0 Å². The van der Waals surface area contributed by atoms with Gasteiger partial charge in [-0.2, -0.15) is 5.10 Å². The molecule has 16 heavy (non-hydrogen) atoms. The number of nitrogens with one attached hydrogen (secondary N) is 2. The Morgan fingerprint density at radius 3 is 3.19 bits per heavy atom. The molecule has 2 aromatic rings. The Morgan fingerprint density at radius 2 is 2.44 bits per heavy atom. The second kappa shape index (κ2) is 4.09. The summed E-state index contributed by atoms with van der Waals surface area (Å²) in [6.07, 6.45) is 6.70. The fraction of sp³-hybridized carbons (Fsp3) is 0.455. The van der Waals surface area contributed by atoms with Gasteiger partial charge in [-0.05, 0) is 19.0 Å². The van der Waals surface area contributed by atoms with Crippen molar-refractivity contribution >= 4 is 0 Å². The molecule has 3 rings (SSSR count). The fourth-order valence-electron chi connectivity index (χ4n) is 2.32. The van der Waals surface area contributed by atoms with Crippen molar-refractivity contribution in [3.63, 3.8) is 0 Å². The second-order valence-corrected chi connectivity index (χ2v) is 4.27. The highest BCUT2D eigenvalue weighted by Gasteiger charge is 2.24. The Morgan fingerprint density at radius 1 is 1.44 bits per heavy atom. The quantitative estimate of drug-likeness (QED) is 0.810. The molecule has 5 heteroatoms. The van der Waals surface area contributed by atoms with Crippen molar-refractivity contribution in [3.05, 3.63) is 36.2 Å². The highest BCUT2D eigenvalue weighted by atomic mass is 15.2. The lowest BCUT2D eigenvalue weighted by atomic mass is 10.1. The van der Waals surface area contributed by atoms with Crippen molar-refractivity contribution < 1.29 is 0 Å². The lowest BCUT2D eigenvalue weighted by Gasteiger charge is -2.13. The van der Waals surface area contributed by atoms with Crippen LogP contribution < -0.4 is 0 Å². The van der Waals surface area contributed by atoms with Crippen LogP contribution in [0.3, 0.4) is 0 Å². The first-order valence-electron chi connectivity index (χ1n) is 5.62. The predicted molar refractivity (Wildman–Crippen MR) is 59.8 cm³/mol. The molecule has 0 saturated carbocycles. The van der Waals surface area contributed by atoms with Gasteiger partial charge >= 0.3 is 0 Å². The molecule has 2 N–H and O–H groups in total. The third kappa shape index (κ3) is 1.86. The number of likely N-dealkylation sites (tertiary alicyclic amines) is 1. The van der Waals surface area contributed by atoms with Crippen molar-refractivity contribution in [1.82, 2.24) is 25.1 Å². The lowest BCUT2D eigenvalue weighted by molar-refractivity contribution is 0.318. The average Bonchev–Trinajstić information content (AvgIpc) is 2.99. The lowest BCUT2D eigenvalue weighted by Crippen LogP contribution is -2.20. The van der Waals surface area contributed by atoms with Crippen molar-refractivity contribution in [2.45, 2.75) is 18.9 Å². The van der Waals surface area contributed by atoms with Gasteiger partial charge < -0.3 is 4.98 Å². The van der Waals surface area contributed by atoms with Crippen LogP contribution in [0, 0.1) is 0 Å². The summed E-state index contributed by atoms with van der Waals surface area (Å²) in [4.78, 5) is 9.81. The molecule has 0 aliphatic carbocycles. The van der Waals surface area contributed by atoms with Crippen LogP contribution in [-0.4, -0.2) is 38.2 Å². The van der Waals surface area contributed by atoms with Crippen molar-refractivity contribution in [2.24, 2.45) is 0 Å². The molecule has 84 valence electrons. The first kappa shape index (κ1) is 9.59. The van der Waals surface area contributed by atoms with Crippen LogP contribution in [0.2, 0.25) is 0 Å². The number of aromatic nitrogens is 4. The largest absolute Gasteiger partial charge is 0.348 e. The number of nitrogens with zero attached hydrogens (tertiary/aromatic N) is 3. The van der Waals surface area contributed by atoms with Gasteiger partial charge in [-0.25, -0.2) is 4.98 Å². The van der Waals surface area contributed by atoms with E-state index in [9.17, 15) is 0 Å². The van der Waals surface area contributed by atoms with Crippen LogP contribution in [0.5, 0.6) is 0 Å². The first-order chi connectivity index (χ1) is 7.92. The van der Waals surface area contributed by atoms with Crippen LogP contribution in [0.1, 0.15) is 23.9 Å². The van der Waals surface area contributed by atoms with E-state index < -0.39 is 0 Å². The van der Waals surface area contributed by atoms with Crippen LogP contribution in [0.25, 0.3) is 0 Å². The molecule has 5 nitrogen and oxygen atoms in total. The number of rotatable bonds is 3. The van der Waals surface area contributed by atoms with E-state index in [1.165, 1.54) is 12.1 Å². The third-order valence-corrected chi connectivity index (χ3v) is 3.16. The zero-order chi connectivity index (χ0) is 10.8. The normalized spacial score (nSPS) is 21.6. The minimum atomic E-state index is 0.595. The summed E-state index contributed by atoms with van der Waals surface area (Å²) < 4.78 is 0. The van der Waals surface area contributed by atoms with E-state index in [-0.39, 0.29) is 0 Å². The molecule has 0 spiro atoms. The molecular weight excluding hydrogens is 202 g/mol. The van der Waals surface area contributed by atoms with Gasteiger partial charge in [0, 0.05) is 36.7 Å². The Kier molecular flexibility index (Phi) is 2.46. The Labute approximate surface area is 93.9 Å². The number of aromatic amines is 2. The van der Waals surface area contributed by atoms with Crippen molar-refractivity contribution in [3.8, 4) is 0 Å². The monoisotopic (exact) mass is 217 g/mol. The Bertz CT molecular complexity index is 419. The van der Waals surface area contributed by atoms with E-state index in [4.69, 9.17) is 0 Å². The third-order valence-electron chi connectivity index (χ3n) is 3.16. The standard InChI is InChI=1S/C11H15N5/c1-3-14-15-10(1)9-2-6-16(7-9)8-11-12-4-5-13-11/h1,3-5,9H,2,6-8H2,(H,12,13)(H,14,15). The summed E-state index contributed by atoms with van der Waals surface area (Å²) in [7, 11) is 0. The van der Waals surface area contributed by atoms with E-state index >= 15 is 0 Å². The highest BCUT2D eigenvalue weighted by Crippen LogP contribution is 2.25. The molecule has 1 aliphatic heterocycles. The molecular formula is C11H15N5. The summed E-state index contributed by atoms with van der Waals surface area (Å²) in [5.41, 5.74) is 1.25. The van der Waals surface area contributed by atoms with Gasteiger partial charge in [0.15, 0.2) is 0 Å². The van der Waals surface area contributed by atoms with Crippen LogP contribution in [0.4, 0.5) is 0 Å². The van der Waals surface area contributed by atoms with Crippen LogP contribution in [0.15, 0.2) is 24.7 Å². The SMILES string of the molecule is c1cc(C2CCN(Cc3ncc[nH]3)C2)[nH]n1. The van der Waals surface area contributed by atoms with Gasteiger partial charge in [-0.3, -0.25) is 10.00 Å². The molecule has 1 unspecified atom stereocenters. The highest BCUT2D eigenvalue weighted by molar-refractivity contribution is 5.08. The minimum absolute atomic E-state index is 0.595. The molecule has 0 radical (unpaired) electrons.